The van der Waals surface area contributed by atoms with Crippen molar-refractivity contribution in [1.82, 2.24) is 19.6 Å². The topological polar surface area (TPSA) is 141 Å². The maximum Gasteiger partial charge on any atom is 0.573 e. The van der Waals surface area contributed by atoms with Gasteiger partial charge in [0, 0.05) is 23.8 Å². The summed E-state index contributed by atoms with van der Waals surface area (Å²) in [5.74, 6) is -0.644. The summed E-state index contributed by atoms with van der Waals surface area (Å²) in [4.78, 5) is 28.0. The van der Waals surface area contributed by atoms with Crippen LogP contribution >= 0.6 is 0 Å². The van der Waals surface area contributed by atoms with E-state index < -0.39 is 45.2 Å². The van der Waals surface area contributed by atoms with Crippen LogP contribution in [0.25, 0.3) is 5.69 Å². The van der Waals surface area contributed by atoms with Crippen LogP contribution in [0.4, 0.5) is 28.4 Å². The highest BCUT2D eigenvalue weighted by Crippen LogP contribution is 2.29. The third-order valence-corrected chi connectivity index (χ3v) is 7.39. The molecule has 0 saturated carbocycles. The predicted molar refractivity (Wildman–Crippen MR) is 149 cm³/mol. The zero-order valence-corrected chi connectivity index (χ0v) is 23.4. The number of sulfonamides is 1. The number of anilines is 1. The van der Waals surface area contributed by atoms with E-state index in [0.29, 0.717) is 23.6 Å². The Morgan fingerprint density at radius 1 is 0.977 bits per heavy atom. The SMILES string of the molecule is COC(=O)Nc1ccc(-n2ccnc2[C@H](CCc2ccccc2)NC(=O)NS(=O)(=O)c2ccccc2OC(F)(F)F)cc1. The number of nitrogens with one attached hydrogen (secondary N) is 3. The Labute approximate surface area is 244 Å². The molecule has 1 heterocycles. The van der Waals surface area contributed by atoms with Gasteiger partial charge < -0.3 is 19.4 Å². The second-order valence-electron chi connectivity index (χ2n) is 8.97. The molecule has 0 fully saturated rings. The summed E-state index contributed by atoms with van der Waals surface area (Å²) in [6, 6.07) is 18.0. The predicted octanol–water partition coefficient (Wildman–Crippen LogP) is 5.31. The van der Waals surface area contributed by atoms with Crippen LogP contribution in [0.3, 0.4) is 0 Å². The van der Waals surface area contributed by atoms with Crippen LogP contribution in [0.1, 0.15) is 23.9 Å². The smallest absolute Gasteiger partial charge is 0.453 e. The molecule has 15 heteroatoms. The van der Waals surface area contributed by atoms with Gasteiger partial charge in [-0.3, -0.25) is 5.32 Å². The summed E-state index contributed by atoms with van der Waals surface area (Å²) >= 11 is 0. The van der Waals surface area contributed by atoms with Gasteiger partial charge in [0.1, 0.15) is 16.5 Å². The van der Waals surface area contributed by atoms with E-state index in [4.69, 9.17) is 0 Å². The molecule has 0 spiro atoms. The lowest BCUT2D eigenvalue weighted by Crippen LogP contribution is -2.42. The summed E-state index contributed by atoms with van der Waals surface area (Å²) < 4.78 is 76.3. The number of aryl methyl sites for hydroxylation is 1. The van der Waals surface area contributed by atoms with Crippen molar-refractivity contribution in [3.8, 4) is 11.4 Å². The van der Waals surface area contributed by atoms with Gasteiger partial charge >= 0.3 is 18.5 Å². The number of aromatic nitrogens is 2. The summed E-state index contributed by atoms with van der Waals surface area (Å²) in [5, 5.41) is 5.13. The second-order valence-corrected chi connectivity index (χ2v) is 10.6. The Balaban J connectivity index is 1.59. The first-order valence-corrected chi connectivity index (χ1v) is 14.1. The number of alkyl halides is 3. The Morgan fingerprint density at radius 3 is 2.33 bits per heavy atom. The minimum absolute atomic E-state index is 0.282. The standard InChI is InChI=1S/C28H26F3N5O6S/c1-41-27(38)33-20-12-14-21(15-13-20)36-18-17-32-25(36)22(16-11-19-7-3-2-4-8-19)34-26(37)35-43(39,40)24-10-6-5-9-23(24)42-28(29,30)31/h2-10,12-15,17-18,22H,11,16H2,1H3,(H,33,38)(H2,34,35,37)/t22-/m0/s1. The zero-order valence-electron chi connectivity index (χ0n) is 22.5. The zero-order chi connectivity index (χ0) is 31.0. The Hall–Kier alpha value is -5.05. The normalized spacial score (nSPS) is 12.2. The van der Waals surface area contributed by atoms with E-state index in [2.05, 4.69) is 25.1 Å². The fourth-order valence-electron chi connectivity index (χ4n) is 4.13. The average molecular weight is 618 g/mol. The van der Waals surface area contributed by atoms with Crippen LogP contribution in [0.2, 0.25) is 0 Å². The molecule has 0 radical (unpaired) electrons. The van der Waals surface area contributed by atoms with E-state index in [1.807, 2.05) is 30.3 Å². The Bertz CT molecular complexity index is 1660. The van der Waals surface area contributed by atoms with Gasteiger partial charge in [0.25, 0.3) is 10.0 Å². The number of rotatable bonds is 10. The lowest BCUT2D eigenvalue weighted by molar-refractivity contribution is -0.275. The van der Waals surface area contributed by atoms with Crippen LogP contribution in [-0.2, 0) is 21.2 Å². The molecule has 0 aliphatic rings. The van der Waals surface area contributed by atoms with Gasteiger partial charge in [-0.2, -0.15) is 0 Å². The lowest BCUT2D eigenvalue weighted by Gasteiger charge is -2.21. The monoisotopic (exact) mass is 617 g/mol. The van der Waals surface area contributed by atoms with E-state index in [9.17, 15) is 31.2 Å². The van der Waals surface area contributed by atoms with Crippen molar-refractivity contribution in [2.24, 2.45) is 0 Å². The highest BCUT2D eigenvalue weighted by Gasteiger charge is 2.34. The number of para-hydroxylation sites is 1. The molecule has 1 atom stereocenters. The minimum atomic E-state index is -5.15. The van der Waals surface area contributed by atoms with Gasteiger partial charge in [0.15, 0.2) is 0 Å². The van der Waals surface area contributed by atoms with Crippen molar-refractivity contribution in [2.45, 2.75) is 30.1 Å². The number of halogens is 3. The number of hydrogen-bond donors (Lipinski definition) is 3. The number of ether oxygens (including phenoxy) is 2. The molecule has 3 aromatic carbocycles. The van der Waals surface area contributed by atoms with E-state index in [-0.39, 0.29) is 6.42 Å². The fourth-order valence-corrected chi connectivity index (χ4v) is 5.18. The molecule has 43 heavy (non-hydrogen) atoms. The first-order valence-electron chi connectivity index (χ1n) is 12.7. The van der Waals surface area contributed by atoms with Gasteiger partial charge in [-0.25, -0.2) is 27.7 Å². The molecule has 226 valence electrons. The molecule has 4 aromatic rings. The Morgan fingerprint density at radius 2 is 1.65 bits per heavy atom. The van der Waals surface area contributed by atoms with Crippen LogP contribution in [0.15, 0.2) is 96.2 Å². The molecular formula is C28H26F3N5O6S. The third kappa shape index (κ3) is 8.48. The van der Waals surface area contributed by atoms with Gasteiger partial charge in [-0.05, 0) is 54.8 Å². The first kappa shape index (κ1) is 30.9. The average Bonchev–Trinajstić information content (AvgIpc) is 3.45. The summed E-state index contributed by atoms with van der Waals surface area (Å²) in [7, 11) is -3.55. The number of imidazole rings is 1. The van der Waals surface area contributed by atoms with E-state index in [0.717, 1.165) is 23.8 Å². The molecule has 1 aromatic heterocycles. The van der Waals surface area contributed by atoms with Gasteiger partial charge in [0.05, 0.1) is 13.2 Å². The second kappa shape index (κ2) is 13.3. The molecule has 0 bridgehead atoms. The molecule has 3 N–H and O–H groups in total. The van der Waals surface area contributed by atoms with Crippen LogP contribution < -0.4 is 20.1 Å². The van der Waals surface area contributed by atoms with Crippen molar-refractivity contribution in [2.75, 3.05) is 12.4 Å². The highest BCUT2D eigenvalue weighted by molar-refractivity contribution is 7.90. The number of carbonyl (C=O) groups excluding carboxylic acids is 2. The number of nitrogens with zero attached hydrogens (tertiary/aromatic N) is 2. The van der Waals surface area contributed by atoms with Crippen molar-refractivity contribution in [3.05, 3.63) is 103 Å². The van der Waals surface area contributed by atoms with Crippen LogP contribution in [0, 0.1) is 0 Å². The summed E-state index contributed by atoms with van der Waals surface area (Å²) in [6.45, 7) is 0. The van der Waals surface area contributed by atoms with Crippen LogP contribution in [-0.4, -0.2) is 43.6 Å². The van der Waals surface area contributed by atoms with E-state index in [1.54, 1.807) is 39.8 Å². The molecule has 0 aliphatic carbocycles. The van der Waals surface area contributed by atoms with Crippen molar-refractivity contribution in [3.63, 3.8) is 0 Å². The molecule has 0 unspecified atom stereocenters. The van der Waals surface area contributed by atoms with Crippen molar-refractivity contribution >= 4 is 27.8 Å². The maximum absolute atomic E-state index is 13.0. The number of hydrogen-bond acceptors (Lipinski definition) is 7. The Kier molecular flexibility index (Phi) is 9.55. The third-order valence-electron chi connectivity index (χ3n) is 6.02. The van der Waals surface area contributed by atoms with Gasteiger partial charge in [-0.15, -0.1) is 13.2 Å². The lowest BCUT2D eigenvalue weighted by atomic mass is 10.0. The van der Waals surface area contributed by atoms with Gasteiger partial charge in [0.2, 0.25) is 0 Å². The number of urea groups is 1. The molecule has 0 aliphatic heterocycles. The number of benzene rings is 3. The quantitative estimate of drug-likeness (QED) is 0.219. The maximum atomic E-state index is 13.0. The molecule has 3 amide bonds. The minimum Gasteiger partial charge on any atom is -0.453 e. The number of carbonyl (C=O) groups is 2. The van der Waals surface area contributed by atoms with Crippen molar-refractivity contribution in [1.29, 1.82) is 0 Å². The molecular weight excluding hydrogens is 591 g/mol. The number of methoxy groups -OCH3 is 1. The van der Waals surface area contributed by atoms with Gasteiger partial charge in [-0.1, -0.05) is 42.5 Å². The first-order chi connectivity index (χ1) is 20.4. The molecule has 11 nitrogen and oxygen atoms in total. The van der Waals surface area contributed by atoms with E-state index >= 15 is 0 Å². The largest absolute Gasteiger partial charge is 0.573 e. The summed E-state index contributed by atoms with van der Waals surface area (Å²) in [6.07, 6.45) is -1.92. The molecule has 4 rings (SSSR count). The molecule has 0 saturated heterocycles. The number of amides is 3. The summed E-state index contributed by atoms with van der Waals surface area (Å²) in [5.41, 5.74) is 2.02. The fraction of sp³-hybridized carbons (Fsp3) is 0.179. The van der Waals surface area contributed by atoms with E-state index in [1.165, 1.54) is 19.4 Å². The van der Waals surface area contributed by atoms with Crippen molar-refractivity contribution < 1.29 is 40.7 Å². The highest BCUT2D eigenvalue weighted by atomic mass is 32.2. The van der Waals surface area contributed by atoms with Crippen LogP contribution in [0.5, 0.6) is 5.75 Å².